The lowest BCUT2D eigenvalue weighted by Gasteiger charge is -2.10. The van der Waals surface area contributed by atoms with Crippen LogP contribution in [-0.4, -0.2) is 4.57 Å². The van der Waals surface area contributed by atoms with Gasteiger partial charge in [-0.15, -0.1) is 11.3 Å². The summed E-state index contributed by atoms with van der Waals surface area (Å²) >= 11 is 1.79. The molecule has 6 rings (SSSR count). The second kappa shape index (κ2) is 12.1. The van der Waals surface area contributed by atoms with Crippen molar-refractivity contribution >= 4 is 39.2 Å². The molecule has 0 bridgehead atoms. The van der Waals surface area contributed by atoms with Gasteiger partial charge in [0.25, 0.3) is 0 Å². The maximum atomic E-state index is 3.90. The van der Waals surface area contributed by atoms with Gasteiger partial charge in [0.1, 0.15) is 0 Å². The van der Waals surface area contributed by atoms with Crippen molar-refractivity contribution in [2.75, 3.05) is 0 Å². The Labute approximate surface area is 242 Å². The van der Waals surface area contributed by atoms with Crippen molar-refractivity contribution in [1.29, 1.82) is 0 Å². The van der Waals surface area contributed by atoms with Gasteiger partial charge >= 0.3 is 0 Å². The molecule has 0 saturated carbocycles. The minimum Gasteiger partial charge on any atom is -0.309 e. The van der Waals surface area contributed by atoms with Crippen LogP contribution in [0.1, 0.15) is 56.6 Å². The molecule has 0 radical (unpaired) electrons. The largest absolute Gasteiger partial charge is 0.309 e. The van der Waals surface area contributed by atoms with Crippen LogP contribution in [0.15, 0.2) is 109 Å². The highest BCUT2D eigenvalue weighted by Crippen LogP contribution is 2.38. The van der Waals surface area contributed by atoms with E-state index in [4.69, 9.17) is 0 Å². The zero-order valence-electron chi connectivity index (χ0n) is 23.4. The molecule has 0 atom stereocenters. The molecule has 0 fully saturated rings. The molecular weight excluding hydrogens is 502 g/mol. The molecule has 0 amide bonds. The first kappa shape index (κ1) is 26.3. The van der Waals surface area contributed by atoms with Gasteiger partial charge < -0.3 is 4.57 Å². The van der Waals surface area contributed by atoms with Crippen LogP contribution in [0.3, 0.4) is 0 Å². The van der Waals surface area contributed by atoms with Crippen molar-refractivity contribution in [3.8, 4) is 27.3 Å². The molecule has 2 heterocycles. The van der Waals surface area contributed by atoms with Crippen LogP contribution >= 0.6 is 11.3 Å². The Kier molecular flexibility index (Phi) is 7.97. The lowest BCUT2D eigenvalue weighted by atomic mass is 10.0. The second-order valence-electron chi connectivity index (χ2n) is 10.8. The van der Waals surface area contributed by atoms with Crippen LogP contribution < -0.4 is 0 Å². The van der Waals surface area contributed by atoms with Crippen LogP contribution in [0.4, 0.5) is 0 Å². The van der Waals surface area contributed by atoms with E-state index < -0.39 is 0 Å². The Bertz CT molecular complexity index is 1720. The normalized spacial score (nSPS) is 11.4. The van der Waals surface area contributed by atoms with Gasteiger partial charge in [0, 0.05) is 21.3 Å². The van der Waals surface area contributed by atoms with Crippen LogP contribution in [0.25, 0.3) is 55.1 Å². The third-order valence-corrected chi connectivity index (χ3v) is 8.98. The zero-order valence-corrected chi connectivity index (χ0v) is 24.2. The molecule has 1 nitrogen and oxygen atoms in total. The molecule has 0 spiro atoms. The third-order valence-electron chi connectivity index (χ3n) is 8.06. The first-order valence-electron chi connectivity index (χ1n) is 14.7. The minimum absolute atomic E-state index is 1.14. The van der Waals surface area contributed by atoms with E-state index in [1.165, 1.54) is 93.1 Å². The average Bonchev–Trinajstić information content (AvgIpc) is 3.66. The lowest BCUT2D eigenvalue weighted by Crippen LogP contribution is -1.95. The molecule has 4 aromatic carbocycles. The molecule has 0 unspecified atom stereocenters. The minimum atomic E-state index is 1.14. The van der Waals surface area contributed by atoms with E-state index in [9.17, 15) is 0 Å². The maximum Gasteiger partial charge on any atom is 0.0541 e. The molecule has 0 aliphatic carbocycles. The summed E-state index contributed by atoms with van der Waals surface area (Å²) in [5.41, 5.74) is 10.0. The van der Waals surface area contributed by atoms with Gasteiger partial charge in [-0.25, -0.2) is 0 Å². The molecule has 40 heavy (non-hydrogen) atoms. The SMILES string of the molecule is C=Cc1ccc(-c2ccc3c(c2)c2cc(-c4cccs4)ccc2n3-c2ccc(CCCCCCCC)cc2)cc1. The molecule has 200 valence electrons. The van der Waals surface area contributed by atoms with E-state index in [1.807, 2.05) is 6.08 Å². The summed E-state index contributed by atoms with van der Waals surface area (Å²) in [5.74, 6) is 0. The van der Waals surface area contributed by atoms with Gasteiger partial charge in [-0.05, 0) is 88.5 Å². The van der Waals surface area contributed by atoms with Crippen molar-refractivity contribution in [1.82, 2.24) is 4.57 Å². The predicted molar refractivity (Wildman–Crippen MR) is 177 cm³/mol. The summed E-state index contributed by atoms with van der Waals surface area (Å²) in [6.07, 6.45) is 11.1. The molecule has 0 N–H and O–H groups in total. The van der Waals surface area contributed by atoms with Gasteiger partial charge in [-0.1, -0.05) is 106 Å². The van der Waals surface area contributed by atoms with Crippen molar-refractivity contribution < 1.29 is 0 Å². The van der Waals surface area contributed by atoms with E-state index in [0.29, 0.717) is 0 Å². The number of unbranched alkanes of at least 4 members (excludes halogenated alkanes) is 5. The maximum absolute atomic E-state index is 3.90. The van der Waals surface area contributed by atoms with Crippen LogP contribution in [0.2, 0.25) is 0 Å². The van der Waals surface area contributed by atoms with Crippen molar-refractivity contribution in [3.63, 3.8) is 0 Å². The molecule has 0 aliphatic rings. The number of rotatable bonds is 11. The number of thiophene rings is 1. The number of fused-ring (bicyclic) bond motifs is 3. The van der Waals surface area contributed by atoms with Gasteiger partial charge in [0.2, 0.25) is 0 Å². The zero-order chi connectivity index (χ0) is 27.3. The first-order valence-corrected chi connectivity index (χ1v) is 15.6. The number of aromatic nitrogens is 1. The Hall–Kier alpha value is -3.88. The average molecular weight is 540 g/mol. The topological polar surface area (TPSA) is 4.93 Å². The van der Waals surface area contributed by atoms with Gasteiger partial charge in [-0.2, -0.15) is 0 Å². The molecule has 2 heteroatoms. The molecule has 2 aromatic heterocycles. The molecule has 0 saturated heterocycles. The van der Waals surface area contributed by atoms with Gasteiger partial charge in [0.15, 0.2) is 0 Å². The monoisotopic (exact) mass is 539 g/mol. The molecule has 6 aromatic rings. The lowest BCUT2D eigenvalue weighted by molar-refractivity contribution is 0.607. The van der Waals surface area contributed by atoms with E-state index in [2.05, 4.69) is 121 Å². The Balaban J connectivity index is 1.39. The fraction of sp³-hybridized carbons (Fsp3) is 0.211. The highest BCUT2D eigenvalue weighted by Gasteiger charge is 2.15. The highest BCUT2D eigenvalue weighted by molar-refractivity contribution is 7.13. The Morgan fingerprint density at radius 2 is 1.32 bits per heavy atom. The van der Waals surface area contributed by atoms with Crippen LogP contribution in [0.5, 0.6) is 0 Å². The van der Waals surface area contributed by atoms with E-state index in [-0.39, 0.29) is 0 Å². The fourth-order valence-corrected chi connectivity index (χ4v) is 6.53. The quantitative estimate of drug-likeness (QED) is 0.144. The number of nitrogens with zero attached hydrogens (tertiary/aromatic N) is 1. The first-order chi connectivity index (χ1) is 19.7. The third kappa shape index (κ3) is 5.42. The summed E-state index contributed by atoms with van der Waals surface area (Å²) in [6, 6.07) is 36.1. The summed E-state index contributed by atoms with van der Waals surface area (Å²) < 4.78 is 2.43. The van der Waals surface area contributed by atoms with Crippen molar-refractivity contribution in [2.45, 2.75) is 51.9 Å². The summed E-state index contributed by atoms with van der Waals surface area (Å²) in [7, 11) is 0. The number of benzene rings is 4. The van der Waals surface area contributed by atoms with Crippen LogP contribution in [0, 0.1) is 0 Å². The van der Waals surface area contributed by atoms with Crippen molar-refractivity contribution in [3.05, 3.63) is 120 Å². The number of hydrogen-bond donors (Lipinski definition) is 0. The highest BCUT2D eigenvalue weighted by atomic mass is 32.1. The number of aryl methyl sites for hydroxylation is 1. The standard InChI is InChI=1S/C38H37NS/c1-3-5-6-7-8-9-11-29-15-21-33(22-16-29)39-36-23-19-31(30-17-13-28(4-2)14-18-30)26-34(36)35-27-32(20-24-37(35)39)38-12-10-25-40-38/h4,10,12-27H,2-3,5-9,11H2,1H3. The van der Waals surface area contributed by atoms with Crippen molar-refractivity contribution in [2.24, 2.45) is 0 Å². The molecular formula is C38H37NS. The van der Waals surface area contributed by atoms with E-state index in [1.54, 1.807) is 11.3 Å². The summed E-state index contributed by atoms with van der Waals surface area (Å²) in [4.78, 5) is 1.30. The predicted octanol–water partition coefficient (Wildman–Crippen LogP) is 11.7. The summed E-state index contributed by atoms with van der Waals surface area (Å²) in [5, 5.41) is 4.73. The van der Waals surface area contributed by atoms with Gasteiger partial charge in [-0.3, -0.25) is 0 Å². The van der Waals surface area contributed by atoms with E-state index in [0.717, 1.165) is 12.0 Å². The fourth-order valence-electron chi connectivity index (χ4n) is 5.81. The van der Waals surface area contributed by atoms with Gasteiger partial charge in [0.05, 0.1) is 11.0 Å². The smallest absolute Gasteiger partial charge is 0.0541 e. The summed E-state index contributed by atoms with van der Waals surface area (Å²) in [6.45, 7) is 6.18. The van der Waals surface area contributed by atoms with Crippen LogP contribution in [-0.2, 0) is 6.42 Å². The Morgan fingerprint density at radius 1 is 0.675 bits per heavy atom. The molecule has 0 aliphatic heterocycles. The number of hydrogen-bond acceptors (Lipinski definition) is 1. The second-order valence-corrected chi connectivity index (χ2v) is 11.7. The Morgan fingerprint density at radius 3 is 2.00 bits per heavy atom. The van der Waals surface area contributed by atoms with E-state index >= 15 is 0 Å².